The lowest BCUT2D eigenvalue weighted by atomic mass is 10.3. The van der Waals surface area contributed by atoms with Crippen LogP contribution >= 0.6 is 46.1 Å². The normalized spacial score (nSPS) is 14.4. The van der Waals surface area contributed by atoms with Gasteiger partial charge in [-0.3, -0.25) is 0 Å². The molecule has 1 aromatic rings. The maximum atomic E-state index is 13.4. The van der Waals surface area contributed by atoms with E-state index in [1.54, 1.807) is 12.4 Å². The average Bonchev–Trinajstić information content (AvgIpc) is 2.28. The molecular formula is C9H10BrF3N3PS2. The Bertz CT molecular complexity index is 559. The molecular weight excluding hydrogens is 382 g/mol. The van der Waals surface area contributed by atoms with Crippen molar-refractivity contribution < 1.29 is 11.7 Å². The maximum absolute atomic E-state index is 13.4. The molecule has 0 fully saturated rings. The minimum Gasteiger partial charge on any atom is -0.334 e. The van der Waals surface area contributed by atoms with Gasteiger partial charge in [0, 0.05) is 10.2 Å². The molecule has 0 saturated carbocycles. The highest BCUT2D eigenvalue weighted by atomic mass is 79.9. The lowest BCUT2D eigenvalue weighted by molar-refractivity contribution is 0.621. The van der Waals surface area contributed by atoms with E-state index >= 15 is 0 Å². The van der Waals surface area contributed by atoms with Gasteiger partial charge in [-0.2, -0.15) is 5.26 Å². The minimum absolute atomic E-state index is 0.0128. The second-order valence-electron chi connectivity index (χ2n) is 3.38. The van der Waals surface area contributed by atoms with Gasteiger partial charge in [0.1, 0.15) is 0 Å². The first-order chi connectivity index (χ1) is 8.64. The Kier molecular flexibility index (Phi) is 5.18. The van der Waals surface area contributed by atoms with E-state index < -0.39 is 14.8 Å². The number of benzene rings is 1. The Balaban J connectivity index is 3.19. The van der Waals surface area contributed by atoms with Crippen molar-refractivity contribution >= 4 is 56.9 Å². The van der Waals surface area contributed by atoms with Crippen LogP contribution in [0.4, 0.5) is 17.3 Å². The summed E-state index contributed by atoms with van der Waals surface area (Å²) < 4.78 is 40.3. The predicted octanol–water partition coefficient (Wildman–Crippen LogP) is 4.94. The monoisotopic (exact) mass is 391 g/mol. The van der Waals surface area contributed by atoms with Gasteiger partial charge < -0.3 is 5.32 Å². The molecule has 0 aliphatic rings. The van der Waals surface area contributed by atoms with Crippen LogP contribution in [0.1, 0.15) is 0 Å². The fourth-order valence-electron chi connectivity index (χ4n) is 1.18. The van der Waals surface area contributed by atoms with Crippen LogP contribution in [0.25, 0.3) is 0 Å². The third-order valence-electron chi connectivity index (χ3n) is 1.95. The molecule has 0 radical (unpaired) electrons. The van der Waals surface area contributed by atoms with Crippen LogP contribution in [0.15, 0.2) is 32.6 Å². The highest BCUT2D eigenvalue weighted by molar-refractivity contribution is 9.10. The van der Waals surface area contributed by atoms with Crippen LogP contribution in [0.5, 0.6) is 0 Å². The molecule has 1 N–H and O–H groups in total. The van der Waals surface area contributed by atoms with Crippen LogP contribution in [-0.2, 0) is 0 Å². The summed E-state index contributed by atoms with van der Waals surface area (Å²) in [5, 5.41) is 11.3. The molecule has 1 aromatic carbocycles. The van der Waals surface area contributed by atoms with Crippen LogP contribution in [0.3, 0.4) is 0 Å². The van der Waals surface area contributed by atoms with Gasteiger partial charge in [-0.05, 0) is 48.8 Å². The number of rotatable bonds is 2. The van der Waals surface area contributed by atoms with E-state index in [1.165, 1.54) is 12.1 Å². The van der Waals surface area contributed by atoms with E-state index in [0.717, 1.165) is 26.3 Å². The summed E-state index contributed by atoms with van der Waals surface area (Å²) in [5.41, 5.74) is 0.228. The molecule has 0 aliphatic heterocycles. The van der Waals surface area contributed by atoms with Gasteiger partial charge in [-0.15, -0.1) is 16.6 Å². The highest BCUT2D eigenvalue weighted by Gasteiger charge is 2.36. The fraction of sp³-hybridized carbons (Fsp3) is 0.111. The van der Waals surface area contributed by atoms with Crippen molar-refractivity contribution in [2.75, 3.05) is 11.6 Å². The zero-order valence-corrected chi connectivity index (χ0v) is 14.0. The van der Waals surface area contributed by atoms with E-state index in [9.17, 15) is 11.7 Å². The number of halogens is 4. The first-order valence-corrected chi connectivity index (χ1v) is 10.2. The van der Waals surface area contributed by atoms with Gasteiger partial charge in [-0.25, -0.2) is 0 Å². The lowest BCUT2D eigenvalue weighted by Gasteiger charge is -2.34. The maximum Gasteiger partial charge on any atom is 0.208 e. The quantitative estimate of drug-likeness (QED) is 0.247. The van der Waals surface area contributed by atoms with Gasteiger partial charge in [0.05, 0.1) is 14.8 Å². The Hall–Kier alpha value is -0.420. The first kappa shape index (κ1) is 16.6. The summed E-state index contributed by atoms with van der Waals surface area (Å²) >= 11 is 4.03. The van der Waals surface area contributed by atoms with Crippen LogP contribution < -0.4 is 5.32 Å². The molecule has 0 aliphatic carbocycles. The van der Waals surface area contributed by atoms with Crippen molar-refractivity contribution in [3.05, 3.63) is 22.7 Å². The molecule has 0 spiro atoms. The lowest BCUT2D eigenvalue weighted by Crippen LogP contribution is -2.07. The number of nitrogens with one attached hydrogen (secondary N) is 1. The number of hydrogen-bond acceptors (Lipinski definition) is 3. The van der Waals surface area contributed by atoms with Gasteiger partial charge in [-0.1, -0.05) is 11.8 Å². The summed E-state index contributed by atoms with van der Waals surface area (Å²) in [6.07, 6.45) is 3.24. The van der Waals surface area contributed by atoms with Crippen molar-refractivity contribution in [3.63, 3.8) is 0 Å². The highest BCUT2D eigenvalue weighted by Crippen LogP contribution is 2.87. The molecule has 1 atom stereocenters. The topological polar surface area (TPSA) is 48.2 Å². The number of anilines is 1. The number of nitriles is 1. The summed E-state index contributed by atoms with van der Waals surface area (Å²) in [6, 6.07) is 3.79. The summed E-state index contributed by atoms with van der Waals surface area (Å²) in [7, 11) is -5.43. The summed E-state index contributed by atoms with van der Waals surface area (Å²) in [5.74, 6) is 0. The summed E-state index contributed by atoms with van der Waals surface area (Å²) in [4.78, 5) is 2.75. The van der Waals surface area contributed by atoms with E-state index in [1.807, 2.05) is 0 Å². The largest absolute Gasteiger partial charge is 0.334 e. The Labute approximate surface area is 124 Å². The third-order valence-corrected chi connectivity index (χ3v) is 5.56. The number of thioether (sulfide) groups is 1. The second-order valence-corrected chi connectivity index (χ2v) is 9.78. The molecule has 0 saturated heterocycles. The van der Waals surface area contributed by atoms with Gasteiger partial charge in [0.25, 0.3) is 0 Å². The predicted molar refractivity (Wildman–Crippen MR) is 84.6 cm³/mol. The molecule has 0 bridgehead atoms. The van der Waals surface area contributed by atoms with E-state index in [-0.39, 0.29) is 15.3 Å². The zero-order valence-electron chi connectivity index (χ0n) is 9.57. The molecule has 19 heavy (non-hydrogen) atoms. The van der Waals surface area contributed by atoms with Crippen LogP contribution in [0.2, 0.25) is 0 Å². The van der Waals surface area contributed by atoms with Crippen molar-refractivity contribution in [2.45, 2.75) is 4.90 Å². The summed E-state index contributed by atoms with van der Waals surface area (Å²) in [6.45, 7) is 0. The number of hydrogen-bond donors (Lipinski definition) is 2. The van der Waals surface area contributed by atoms with E-state index in [4.69, 9.17) is 5.26 Å². The van der Waals surface area contributed by atoms with Crippen molar-refractivity contribution in [2.24, 2.45) is 4.99 Å². The molecule has 106 valence electrons. The van der Waals surface area contributed by atoms with Crippen molar-refractivity contribution in [3.8, 4) is 6.19 Å². The van der Waals surface area contributed by atoms with Crippen LogP contribution in [0, 0.1) is 11.5 Å². The number of nitrogens with zero attached hydrogens (tertiary/aromatic N) is 2. The standard InChI is InChI=1S/C9H10BrF3N3PS2/c1-18-9(15-5-14)16-6-2-3-7(10)8(4-6)19(11,12,13)17/h2-4,19H,17H2,1H3,(H,15,16). The molecule has 0 amide bonds. The smallest absolute Gasteiger partial charge is 0.208 e. The van der Waals surface area contributed by atoms with Crippen molar-refractivity contribution in [1.82, 2.24) is 0 Å². The van der Waals surface area contributed by atoms with Gasteiger partial charge in [0.2, 0.25) is 6.19 Å². The van der Waals surface area contributed by atoms with E-state index in [2.05, 4.69) is 26.2 Å². The number of amidine groups is 1. The Morgan fingerprint density at radius 2 is 2.16 bits per heavy atom. The SMILES string of the molecule is CS/C(=N\C#N)Nc1ccc(Br)c([SH](F)(F)(F)P)c1. The van der Waals surface area contributed by atoms with Crippen molar-refractivity contribution in [1.29, 1.82) is 5.26 Å². The fourth-order valence-corrected chi connectivity index (χ4v) is 4.69. The number of thiol groups is 1. The zero-order chi connectivity index (χ0) is 14.7. The van der Waals surface area contributed by atoms with Crippen LogP contribution in [-0.4, -0.2) is 11.4 Å². The molecule has 0 heterocycles. The van der Waals surface area contributed by atoms with Gasteiger partial charge in [0.15, 0.2) is 5.17 Å². The minimum atomic E-state index is -6.44. The molecule has 1 rings (SSSR count). The molecule has 0 aromatic heterocycles. The number of aliphatic imine (C=N–C) groups is 1. The Morgan fingerprint density at radius 3 is 2.63 bits per heavy atom. The molecule has 10 heteroatoms. The first-order valence-electron chi connectivity index (χ1n) is 4.70. The van der Waals surface area contributed by atoms with Gasteiger partial charge >= 0.3 is 0 Å². The molecule has 3 nitrogen and oxygen atoms in total. The molecule has 1 unspecified atom stereocenters. The third kappa shape index (κ3) is 4.88. The van der Waals surface area contributed by atoms with E-state index in [0.29, 0.717) is 0 Å². The Morgan fingerprint density at radius 1 is 1.53 bits per heavy atom. The average molecular weight is 392 g/mol. The second kappa shape index (κ2) is 5.92.